The molecule has 0 aromatic heterocycles. The standard InChI is InChI=1S/C10H12B2O6/c13-9-6-10(14)8(12-17-3-4-18-12)5-7(9)11-15-1-2-16-11/h5-6,13-14H,1-4H2. The van der Waals surface area contributed by atoms with Gasteiger partial charge in [-0.25, -0.2) is 0 Å². The Morgan fingerprint density at radius 3 is 1.50 bits per heavy atom. The predicted molar refractivity (Wildman–Crippen MR) is 64.4 cm³/mol. The largest absolute Gasteiger partial charge is 0.508 e. The van der Waals surface area contributed by atoms with E-state index in [9.17, 15) is 10.2 Å². The van der Waals surface area contributed by atoms with Gasteiger partial charge in [-0.05, 0) is 0 Å². The average Bonchev–Trinajstić information content (AvgIpc) is 3.01. The minimum Gasteiger partial charge on any atom is -0.508 e. The predicted octanol–water partition coefficient (Wildman–Crippen LogP) is -1.42. The van der Waals surface area contributed by atoms with Crippen molar-refractivity contribution in [3.63, 3.8) is 0 Å². The monoisotopic (exact) mass is 250 g/mol. The molecule has 1 aromatic rings. The number of aromatic hydroxyl groups is 2. The summed E-state index contributed by atoms with van der Waals surface area (Å²) in [5.74, 6) is -0.137. The van der Waals surface area contributed by atoms with Gasteiger partial charge in [0, 0.05) is 17.0 Å². The number of rotatable bonds is 2. The van der Waals surface area contributed by atoms with Crippen LogP contribution in [0.4, 0.5) is 0 Å². The SMILES string of the molecule is Oc1cc(O)c(B2OCCO2)cc1B1OCCO1. The van der Waals surface area contributed by atoms with Crippen LogP contribution >= 0.6 is 0 Å². The van der Waals surface area contributed by atoms with Crippen molar-refractivity contribution in [1.29, 1.82) is 0 Å². The van der Waals surface area contributed by atoms with E-state index in [0.29, 0.717) is 37.4 Å². The van der Waals surface area contributed by atoms with E-state index in [4.69, 9.17) is 18.6 Å². The molecule has 2 heterocycles. The third kappa shape index (κ3) is 2.08. The second kappa shape index (κ2) is 4.81. The van der Waals surface area contributed by atoms with E-state index in [0.717, 1.165) is 0 Å². The van der Waals surface area contributed by atoms with Gasteiger partial charge in [0.25, 0.3) is 0 Å². The lowest BCUT2D eigenvalue weighted by atomic mass is 9.71. The van der Waals surface area contributed by atoms with E-state index in [1.807, 2.05) is 0 Å². The Balaban J connectivity index is 1.95. The molecule has 0 spiro atoms. The van der Waals surface area contributed by atoms with Gasteiger partial charge in [-0.1, -0.05) is 6.07 Å². The van der Waals surface area contributed by atoms with E-state index in [1.165, 1.54) is 6.07 Å². The summed E-state index contributed by atoms with van der Waals surface area (Å²) in [6, 6.07) is 2.84. The molecule has 0 radical (unpaired) electrons. The van der Waals surface area contributed by atoms with E-state index < -0.39 is 14.2 Å². The summed E-state index contributed by atoms with van der Waals surface area (Å²) in [6.45, 7) is 1.93. The van der Waals surface area contributed by atoms with Gasteiger partial charge in [0.2, 0.25) is 0 Å². The van der Waals surface area contributed by atoms with Crippen molar-refractivity contribution in [2.24, 2.45) is 0 Å². The van der Waals surface area contributed by atoms with Gasteiger partial charge < -0.3 is 28.8 Å². The fourth-order valence-electron chi connectivity index (χ4n) is 2.07. The van der Waals surface area contributed by atoms with E-state index in [-0.39, 0.29) is 11.5 Å². The van der Waals surface area contributed by atoms with Crippen molar-refractivity contribution in [2.75, 3.05) is 26.4 Å². The van der Waals surface area contributed by atoms with Crippen LogP contribution in [-0.2, 0) is 18.6 Å². The van der Waals surface area contributed by atoms with Gasteiger partial charge in [0.05, 0.1) is 26.4 Å². The Morgan fingerprint density at radius 1 is 0.722 bits per heavy atom. The Kier molecular flexibility index (Phi) is 3.17. The molecule has 3 rings (SSSR count). The topological polar surface area (TPSA) is 77.4 Å². The maximum atomic E-state index is 9.82. The zero-order valence-corrected chi connectivity index (χ0v) is 9.67. The van der Waals surface area contributed by atoms with Gasteiger partial charge in [-0.2, -0.15) is 0 Å². The van der Waals surface area contributed by atoms with E-state index in [1.54, 1.807) is 6.07 Å². The molecule has 2 aliphatic heterocycles. The third-order valence-corrected chi connectivity index (χ3v) is 2.93. The minimum absolute atomic E-state index is 0.0684. The van der Waals surface area contributed by atoms with E-state index in [2.05, 4.69) is 0 Å². The van der Waals surface area contributed by atoms with Crippen LogP contribution < -0.4 is 10.9 Å². The summed E-state index contributed by atoms with van der Waals surface area (Å²) in [7, 11) is -1.21. The van der Waals surface area contributed by atoms with Crippen LogP contribution in [0.1, 0.15) is 0 Å². The second-order valence-electron chi connectivity index (χ2n) is 4.12. The molecule has 8 heteroatoms. The zero-order valence-electron chi connectivity index (χ0n) is 9.67. The summed E-state index contributed by atoms with van der Waals surface area (Å²) in [5, 5.41) is 19.6. The Bertz CT molecular complexity index is 405. The average molecular weight is 250 g/mol. The molecule has 0 aliphatic carbocycles. The van der Waals surface area contributed by atoms with Crippen LogP contribution in [0.2, 0.25) is 0 Å². The molecule has 0 atom stereocenters. The van der Waals surface area contributed by atoms with Crippen molar-refractivity contribution in [1.82, 2.24) is 0 Å². The van der Waals surface area contributed by atoms with Crippen LogP contribution in [0.3, 0.4) is 0 Å². The quantitative estimate of drug-likeness (QED) is 0.627. The summed E-state index contributed by atoms with van der Waals surface area (Å²) < 4.78 is 21.3. The molecule has 2 fully saturated rings. The molecule has 2 N–H and O–H groups in total. The number of benzene rings is 1. The molecular weight excluding hydrogens is 238 g/mol. The smallest absolute Gasteiger partial charge is 0.497 e. The van der Waals surface area contributed by atoms with Crippen molar-refractivity contribution in [3.05, 3.63) is 12.1 Å². The maximum absolute atomic E-state index is 9.82. The second-order valence-corrected chi connectivity index (χ2v) is 4.12. The fourth-order valence-corrected chi connectivity index (χ4v) is 2.07. The first-order valence-electron chi connectivity index (χ1n) is 5.78. The molecule has 0 amide bonds. The van der Waals surface area contributed by atoms with Crippen molar-refractivity contribution < 1.29 is 28.8 Å². The summed E-state index contributed by atoms with van der Waals surface area (Å²) >= 11 is 0. The molecule has 6 nitrogen and oxygen atoms in total. The number of phenols is 2. The van der Waals surface area contributed by atoms with Gasteiger partial charge in [-0.3, -0.25) is 0 Å². The summed E-state index contributed by atoms with van der Waals surface area (Å²) in [4.78, 5) is 0. The molecule has 0 unspecified atom stereocenters. The number of hydrogen-bond donors (Lipinski definition) is 2. The molecule has 18 heavy (non-hydrogen) atoms. The maximum Gasteiger partial charge on any atom is 0.497 e. The highest BCUT2D eigenvalue weighted by atomic mass is 16.6. The van der Waals surface area contributed by atoms with Crippen LogP contribution in [0.15, 0.2) is 12.1 Å². The van der Waals surface area contributed by atoms with Crippen LogP contribution in [-0.4, -0.2) is 50.9 Å². The minimum atomic E-state index is -0.606. The highest BCUT2D eigenvalue weighted by molar-refractivity contribution is 6.66. The highest BCUT2D eigenvalue weighted by Crippen LogP contribution is 2.18. The lowest BCUT2D eigenvalue weighted by Crippen LogP contribution is -2.39. The van der Waals surface area contributed by atoms with Crippen molar-refractivity contribution >= 4 is 25.2 Å². The van der Waals surface area contributed by atoms with Gasteiger partial charge in [0.15, 0.2) is 0 Å². The lowest BCUT2D eigenvalue weighted by Gasteiger charge is -2.12. The third-order valence-electron chi connectivity index (χ3n) is 2.93. The lowest BCUT2D eigenvalue weighted by molar-refractivity contribution is 0.365. The normalized spacial score (nSPS) is 19.8. The van der Waals surface area contributed by atoms with E-state index >= 15 is 0 Å². The Morgan fingerprint density at radius 2 is 1.11 bits per heavy atom. The first-order valence-corrected chi connectivity index (χ1v) is 5.78. The van der Waals surface area contributed by atoms with Gasteiger partial charge in [-0.15, -0.1) is 0 Å². The van der Waals surface area contributed by atoms with Gasteiger partial charge >= 0.3 is 14.2 Å². The summed E-state index contributed by atoms with van der Waals surface area (Å²) in [5.41, 5.74) is 0.943. The summed E-state index contributed by atoms with van der Waals surface area (Å²) in [6.07, 6.45) is 0. The fraction of sp³-hybridized carbons (Fsp3) is 0.400. The van der Waals surface area contributed by atoms with Crippen molar-refractivity contribution in [2.45, 2.75) is 0 Å². The first kappa shape index (κ1) is 11.9. The zero-order chi connectivity index (χ0) is 12.5. The Hall–Kier alpha value is -1.21. The Labute approximate surface area is 105 Å². The molecule has 94 valence electrons. The molecule has 0 bridgehead atoms. The molecule has 0 saturated carbocycles. The molecular formula is C10H12B2O6. The van der Waals surface area contributed by atoms with Crippen LogP contribution in [0.25, 0.3) is 0 Å². The van der Waals surface area contributed by atoms with Crippen LogP contribution in [0.5, 0.6) is 11.5 Å². The van der Waals surface area contributed by atoms with Crippen LogP contribution in [0, 0.1) is 0 Å². The van der Waals surface area contributed by atoms with Crippen molar-refractivity contribution in [3.8, 4) is 11.5 Å². The highest BCUT2D eigenvalue weighted by Gasteiger charge is 2.34. The molecule has 2 saturated heterocycles. The van der Waals surface area contributed by atoms with Gasteiger partial charge in [0.1, 0.15) is 11.5 Å². The number of hydrogen-bond acceptors (Lipinski definition) is 6. The molecule has 2 aliphatic rings. The number of phenolic OH excluding ortho intramolecular Hbond substituents is 2. The molecule has 1 aromatic carbocycles. The first-order chi connectivity index (χ1) is 8.75.